The summed E-state index contributed by atoms with van der Waals surface area (Å²) in [5.74, 6) is 0.432. The quantitative estimate of drug-likeness (QED) is 0.354. The summed E-state index contributed by atoms with van der Waals surface area (Å²) in [6.07, 6.45) is 6.26. The Hall–Kier alpha value is -4.14. The lowest BCUT2D eigenvalue weighted by atomic mass is 10.1. The number of amides is 1. The minimum Gasteiger partial charge on any atom is -0.454 e. The molecule has 1 aliphatic heterocycles. The highest BCUT2D eigenvalue weighted by Crippen LogP contribution is 2.38. The summed E-state index contributed by atoms with van der Waals surface area (Å²) in [5, 5.41) is 15.6. The van der Waals surface area contributed by atoms with Gasteiger partial charge >= 0.3 is 0 Å². The van der Waals surface area contributed by atoms with E-state index in [2.05, 4.69) is 5.10 Å². The molecule has 0 N–H and O–H groups in total. The van der Waals surface area contributed by atoms with Gasteiger partial charge in [-0.05, 0) is 24.3 Å². The predicted octanol–water partition coefficient (Wildman–Crippen LogP) is 3.18. The number of nitro benzene ring substituents is 1. The van der Waals surface area contributed by atoms with Crippen molar-refractivity contribution in [1.29, 1.82) is 0 Å². The van der Waals surface area contributed by atoms with Crippen molar-refractivity contribution >= 4 is 17.7 Å². The molecule has 3 aromatic rings. The lowest BCUT2D eigenvalue weighted by molar-refractivity contribution is -0.385. The number of nitrogens with zero attached hydrogens (tertiary/aromatic N) is 4. The Morgan fingerprint density at radius 2 is 2.00 bits per heavy atom. The normalized spacial score (nSPS) is 12.3. The first-order chi connectivity index (χ1) is 14.5. The van der Waals surface area contributed by atoms with Gasteiger partial charge in [0.05, 0.1) is 28.4 Å². The van der Waals surface area contributed by atoms with Crippen LogP contribution in [-0.4, -0.2) is 39.4 Å². The van der Waals surface area contributed by atoms with E-state index in [1.54, 1.807) is 17.9 Å². The fraction of sp³-hybridized carbons (Fsp3) is 0.143. The zero-order chi connectivity index (χ0) is 21.1. The maximum atomic E-state index is 12.5. The SMILES string of the molecule is CN(Cc1cnn(-c2ccccc2)c1)C(=O)/C=C/c1cc2c(cc1[N+](=O)[O-])OCO2. The number of likely N-dealkylation sites (N-methyl/N-ethyl adjacent to an activating group) is 1. The van der Waals surface area contributed by atoms with Crippen LogP contribution in [0.2, 0.25) is 0 Å². The van der Waals surface area contributed by atoms with Gasteiger partial charge in [-0.25, -0.2) is 4.68 Å². The van der Waals surface area contributed by atoms with Crippen LogP contribution >= 0.6 is 0 Å². The monoisotopic (exact) mass is 406 g/mol. The average Bonchev–Trinajstić information content (AvgIpc) is 3.40. The number of rotatable bonds is 6. The molecule has 9 heteroatoms. The van der Waals surface area contributed by atoms with Crippen molar-refractivity contribution in [1.82, 2.24) is 14.7 Å². The number of hydrogen-bond acceptors (Lipinski definition) is 6. The molecule has 0 bridgehead atoms. The van der Waals surface area contributed by atoms with Gasteiger partial charge in [0.1, 0.15) is 0 Å². The van der Waals surface area contributed by atoms with E-state index in [1.165, 1.54) is 29.2 Å². The van der Waals surface area contributed by atoms with Gasteiger partial charge in [0.2, 0.25) is 12.7 Å². The van der Waals surface area contributed by atoms with E-state index < -0.39 is 4.92 Å². The highest BCUT2D eigenvalue weighted by Gasteiger charge is 2.22. The largest absolute Gasteiger partial charge is 0.454 e. The third-order valence-electron chi connectivity index (χ3n) is 4.58. The molecule has 1 aromatic heterocycles. The van der Waals surface area contributed by atoms with Crippen LogP contribution in [0.1, 0.15) is 11.1 Å². The van der Waals surface area contributed by atoms with E-state index in [1.807, 2.05) is 36.5 Å². The third-order valence-corrected chi connectivity index (χ3v) is 4.58. The van der Waals surface area contributed by atoms with Crippen LogP contribution in [0.5, 0.6) is 11.5 Å². The number of fused-ring (bicyclic) bond motifs is 1. The van der Waals surface area contributed by atoms with E-state index in [4.69, 9.17) is 9.47 Å². The van der Waals surface area contributed by atoms with Crippen LogP contribution in [0.15, 0.2) is 60.9 Å². The molecule has 0 spiro atoms. The molecule has 0 saturated carbocycles. The number of ether oxygens (including phenoxy) is 2. The maximum absolute atomic E-state index is 12.5. The number of benzene rings is 2. The van der Waals surface area contributed by atoms with Crippen molar-refractivity contribution < 1.29 is 19.2 Å². The topological polar surface area (TPSA) is 99.7 Å². The third kappa shape index (κ3) is 4.00. The molecule has 0 aliphatic carbocycles. The summed E-state index contributed by atoms with van der Waals surface area (Å²) in [7, 11) is 1.65. The molecule has 30 heavy (non-hydrogen) atoms. The molecule has 0 saturated heterocycles. The first kappa shape index (κ1) is 19.2. The van der Waals surface area contributed by atoms with Crippen molar-refractivity contribution in [3.05, 3.63) is 82.2 Å². The predicted molar refractivity (Wildman–Crippen MR) is 108 cm³/mol. The summed E-state index contributed by atoms with van der Waals surface area (Å²) in [6.45, 7) is 0.358. The highest BCUT2D eigenvalue weighted by molar-refractivity contribution is 5.92. The van der Waals surface area contributed by atoms with E-state index in [0.717, 1.165) is 11.3 Å². The molecule has 0 radical (unpaired) electrons. The second kappa shape index (κ2) is 8.08. The minimum atomic E-state index is -0.520. The Bertz CT molecular complexity index is 1120. The zero-order valence-electron chi connectivity index (χ0n) is 16.1. The van der Waals surface area contributed by atoms with Gasteiger partial charge in [-0.1, -0.05) is 18.2 Å². The van der Waals surface area contributed by atoms with Gasteiger partial charge in [-0.2, -0.15) is 5.10 Å². The highest BCUT2D eigenvalue weighted by atomic mass is 16.7. The lowest BCUT2D eigenvalue weighted by Gasteiger charge is -2.13. The number of carbonyl (C=O) groups excluding carboxylic acids is 1. The van der Waals surface area contributed by atoms with Crippen LogP contribution in [0.25, 0.3) is 11.8 Å². The van der Waals surface area contributed by atoms with Crippen molar-refractivity contribution in [3.63, 3.8) is 0 Å². The Morgan fingerprint density at radius 3 is 2.73 bits per heavy atom. The fourth-order valence-electron chi connectivity index (χ4n) is 3.04. The number of nitro groups is 1. The molecular formula is C21H18N4O5. The second-order valence-electron chi connectivity index (χ2n) is 6.68. The Labute approximate surface area is 171 Å². The Balaban J connectivity index is 1.46. The van der Waals surface area contributed by atoms with Crippen molar-refractivity contribution in [2.45, 2.75) is 6.54 Å². The first-order valence-corrected chi connectivity index (χ1v) is 9.11. The second-order valence-corrected chi connectivity index (χ2v) is 6.68. The van der Waals surface area contributed by atoms with Crippen LogP contribution in [0.4, 0.5) is 5.69 Å². The zero-order valence-corrected chi connectivity index (χ0v) is 16.1. The van der Waals surface area contributed by atoms with Crippen molar-refractivity contribution in [2.75, 3.05) is 13.8 Å². The smallest absolute Gasteiger partial charge is 0.280 e. The number of carbonyl (C=O) groups is 1. The lowest BCUT2D eigenvalue weighted by Crippen LogP contribution is -2.23. The number of aromatic nitrogens is 2. The number of hydrogen-bond donors (Lipinski definition) is 0. The molecule has 0 atom stereocenters. The van der Waals surface area contributed by atoms with Crippen molar-refractivity contribution in [2.24, 2.45) is 0 Å². The first-order valence-electron chi connectivity index (χ1n) is 9.11. The van der Waals surface area contributed by atoms with E-state index in [9.17, 15) is 14.9 Å². The molecule has 4 rings (SSSR count). The molecule has 0 fully saturated rings. The molecule has 0 unspecified atom stereocenters. The Morgan fingerprint density at radius 1 is 1.27 bits per heavy atom. The molecule has 1 amide bonds. The van der Waals surface area contributed by atoms with Gasteiger partial charge in [-0.3, -0.25) is 14.9 Å². The molecule has 152 valence electrons. The molecular weight excluding hydrogens is 388 g/mol. The Kier molecular flexibility index (Phi) is 5.17. The maximum Gasteiger partial charge on any atom is 0.280 e. The van der Waals surface area contributed by atoms with Crippen LogP contribution in [0, 0.1) is 10.1 Å². The summed E-state index contributed by atoms with van der Waals surface area (Å²) >= 11 is 0. The standard InChI is InChI=1S/C21H18N4O5/c1-23(12-15-11-22-24(13-15)17-5-3-2-4-6-17)21(26)8-7-16-9-19-20(30-14-29-19)10-18(16)25(27)28/h2-11,13H,12,14H2,1H3/b8-7+. The van der Waals surface area contributed by atoms with Crippen LogP contribution < -0.4 is 9.47 Å². The van der Waals surface area contributed by atoms with Gasteiger partial charge < -0.3 is 14.4 Å². The average molecular weight is 406 g/mol. The van der Waals surface area contributed by atoms with Crippen molar-refractivity contribution in [3.8, 4) is 17.2 Å². The molecule has 9 nitrogen and oxygen atoms in total. The van der Waals surface area contributed by atoms with Gasteiger partial charge in [0, 0.05) is 31.4 Å². The van der Waals surface area contributed by atoms with Gasteiger partial charge in [0.15, 0.2) is 11.5 Å². The van der Waals surface area contributed by atoms with Gasteiger partial charge in [-0.15, -0.1) is 0 Å². The van der Waals surface area contributed by atoms with Gasteiger partial charge in [0.25, 0.3) is 5.69 Å². The molecule has 2 heterocycles. The van der Waals surface area contributed by atoms with E-state index in [-0.39, 0.29) is 24.0 Å². The molecule has 2 aromatic carbocycles. The van der Waals surface area contributed by atoms with Crippen LogP contribution in [-0.2, 0) is 11.3 Å². The summed E-state index contributed by atoms with van der Waals surface area (Å²) < 4.78 is 12.2. The number of para-hydroxylation sites is 1. The summed E-state index contributed by atoms with van der Waals surface area (Å²) in [4.78, 5) is 24.8. The van der Waals surface area contributed by atoms with E-state index in [0.29, 0.717) is 18.0 Å². The fourth-order valence-corrected chi connectivity index (χ4v) is 3.04. The molecule has 1 aliphatic rings. The van der Waals surface area contributed by atoms with Crippen LogP contribution in [0.3, 0.4) is 0 Å². The van der Waals surface area contributed by atoms with E-state index >= 15 is 0 Å². The summed E-state index contributed by atoms with van der Waals surface area (Å²) in [5.41, 5.74) is 1.89. The minimum absolute atomic E-state index is 0.0119. The summed E-state index contributed by atoms with van der Waals surface area (Å²) in [6, 6.07) is 12.4.